The third-order valence-corrected chi connectivity index (χ3v) is 2.40. The molecule has 0 saturated heterocycles. The minimum Gasteiger partial charge on any atom is -0.394 e. The van der Waals surface area contributed by atoms with Crippen molar-refractivity contribution in [2.45, 2.75) is 19.4 Å². The number of hydrogen-bond acceptors (Lipinski definition) is 2. The highest BCUT2D eigenvalue weighted by Crippen LogP contribution is 2.16. The average molecular weight is 244 g/mol. The number of benzene rings is 1. The van der Waals surface area contributed by atoms with Gasteiger partial charge in [-0.25, -0.2) is 0 Å². The molecule has 0 fully saturated rings. The molecule has 1 atom stereocenters. The third kappa shape index (κ3) is 3.36. The van der Waals surface area contributed by atoms with E-state index in [4.69, 9.17) is 5.11 Å². The van der Waals surface area contributed by atoms with Crippen LogP contribution in [0.3, 0.4) is 0 Å². The van der Waals surface area contributed by atoms with E-state index in [-0.39, 0.29) is 12.6 Å². The molecule has 0 heterocycles. The SMILES string of the molecule is CCC(CO)Nc1cccc(Br)c1. The first-order valence-electron chi connectivity index (χ1n) is 4.39. The largest absolute Gasteiger partial charge is 0.394 e. The zero-order chi connectivity index (χ0) is 9.68. The lowest BCUT2D eigenvalue weighted by atomic mass is 10.2. The van der Waals surface area contributed by atoms with E-state index in [9.17, 15) is 0 Å². The maximum absolute atomic E-state index is 8.98. The van der Waals surface area contributed by atoms with Crippen LogP contribution >= 0.6 is 15.9 Å². The summed E-state index contributed by atoms with van der Waals surface area (Å²) < 4.78 is 1.05. The standard InChI is InChI=1S/C10H14BrNO/c1-2-9(7-13)12-10-5-3-4-8(11)6-10/h3-6,9,12-13H,2,7H2,1H3. The van der Waals surface area contributed by atoms with Crippen LogP contribution in [0.5, 0.6) is 0 Å². The van der Waals surface area contributed by atoms with Gasteiger partial charge in [0.2, 0.25) is 0 Å². The number of nitrogens with one attached hydrogen (secondary N) is 1. The highest BCUT2D eigenvalue weighted by atomic mass is 79.9. The van der Waals surface area contributed by atoms with Crippen molar-refractivity contribution in [2.75, 3.05) is 11.9 Å². The minimum atomic E-state index is 0.147. The second kappa shape index (κ2) is 5.25. The molecule has 1 rings (SSSR count). The van der Waals surface area contributed by atoms with E-state index >= 15 is 0 Å². The molecule has 0 radical (unpaired) electrons. The molecule has 0 saturated carbocycles. The summed E-state index contributed by atoms with van der Waals surface area (Å²) in [7, 11) is 0. The highest BCUT2D eigenvalue weighted by molar-refractivity contribution is 9.10. The fourth-order valence-electron chi connectivity index (χ4n) is 1.09. The van der Waals surface area contributed by atoms with Gasteiger partial charge in [-0.3, -0.25) is 0 Å². The predicted molar refractivity (Wildman–Crippen MR) is 58.9 cm³/mol. The summed E-state index contributed by atoms with van der Waals surface area (Å²) in [6.07, 6.45) is 0.920. The van der Waals surface area contributed by atoms with Crippen molar-refractivity contribution in [1.29, 1.82) is 0 Å². The van der Waals surface area contributed by atoms with E-state index in [0.29, 0.717) is 0 Å². The molecule has 1 unspecified atom stereocenters. The van der Waals surface area contributed by atoms with Crippen LogP contribution in [0.1, 0.15) is 13.3 Å². The van der Waals surface area contributed by atoms with Gasteiger partial charge in [0.05, 0.1) is 6.61 Å². The fourth-order valence-corrected chi connectivity index (χ4v) is 1.49. The Kier molecular flexibility index (Phi) is 4.25. The monoisotopic (exact) mass is 243 g/mol. The Morgan fingerprint density at radius 1 is 1.54 bits per heavy atom. The third-order valence-electron chi connectivity index (χ3n) is 1.91. The number of anilines is 1. The summed E-state index contributed by atoms with van der Waals surface area (Å²) >= 11 is 3.39. The first-order valence-corrected chi connectivity index (χ1v) is 5.18. The Labute approximate surface area is 87.1 Å². The summed E-state index contributed by atoms with van der Waals surface area (Å²) in [5.74, 6) is 0. The molecule has 0 amide bonds. The van der Waals surface area contributed by atoms with Crippen LogP contribution in [-0.2, 0) is 0 Å². The van der Waals surface area contributed by atoms with Gasteiger partial charge in [0.1, 0.15) is 0 Å². The van der Waals surface area contributed by atoms with Crippen molar-refractivity contribution in [3.8, 4) is 0 Å². The van der Waals surface area contributed by atoms with Crippen LogP contribution in [0.4, 0.5) is 5.69 Å². The Hall–Kier alpha value is -0.540. The van der Waals surface area contributed by atoms with Crippen molar-refractivity contribution in [2.24, 2.45) is 0 Å². The van der Waals surface area contributed by atoms with Crippen molar-refractivity contribution < 1.29 is 5.11 Å². The number of aliphatic hydroxyl groups is 1. The first-order chi connectivity index (χ1) is 6.26. The Morgan fingerprint density at radius 2 is 2.31 bits per heavy atom. The molecule has 2 nitrogen and oxygen atoms in total. The zero-order valence-electron chi connectivity index (χ0n) is 7.63. The van der Waals surface area contributed by atoms with Crippen LogP contribution in [0, 0.1) is 0 Å². The molecule has 1 aromatic rings. The van der Waals surface area contributed by atoms with Crippen molar-refractivity contribution >= 4 is 21.6 Å². The number of rotatable bonds is 4. The molecule has 3 heteroatoms. The normalized spacial score (nSPS) is 12.5. The average Bonchev–Trinajstić information content (AvgIpc) is 2.14. The van der Waals surface area contributed by atoms with E-state index in [0.717, 1.165) is 16.6 Å². The summed E-state index contributed by atoms with van der Waals surface area (Å²) in [6.45, 7) is 2.22. The van der Waals surface area contributed by atoms with Crippen molar-refractivity contribution in [1.82, 2.24) is 0 Å². The second-order valence-electron chi connectivity index (χ2n) is 2.94. The maximum atomic E-state index is 8.98. The van der Waals surface area contributed by atoms with Crippen molar-refractivity contribution in [3.05, 3.63) is 28.7 Å². The van der Waals surface area contributed by atoms with Gasteiger partial charge in [0.15, 0.2) is 0 Å². The molecular weight excluding hydrogens is 230 g/mol. The van der Waals surface area contributed by atoms with Crippen molar-refractivity contribution in [3.63, 3.8) is 0 Å². The zero-order valence-corrected chi connectivity index (χ0v) is 9.21. The molecule has 0 aliphatic rings. The molecule has 13 heavy (non-hydrogen) atoms. The van der Waals surface area contributed by atoms with Gasteiger partial charge in [0, 0.05) is 16.2 Å². The smallest absolute Gasteiger partial charge is 0.0632 e. The first kappa shape index (κ1) is 10.5. The molecular formula is C10H14BrNO. The molecule has 0 spiro atoms. The number of halogens is 1. The lowest BCUT2D eigenvalue weighted by molar-refractivity contribution is 0.272. The van der Waals surface area contributed by atoms with Crippen LogP contribution in [0.15, 0.2) is 28.7 Å². The van der Waals surface area contributed by atoms with E-state index in [1.54, 1.807) is 0 Å². The predicted octanol–water partition coefficient (Wildman–Crippen LogP) is 2.63. The molecule has 72 valence electrons. The summed E-state index contributed by atoms with van der Waals surface area (Å²) in [4.78, 5) is 0. The molecule has 1 aromatic carbocycles. The van der Waals surface area contributed by atoms with Gasteiger partial charge in [-0.2, -0.15) is 0 Å². The van der Waals surface area contributed by atoms with Gasteiger partial charge in [-0.1, -0.05) is 28.9 Å². The maximum Gasteiger partial charge on any atom is 0.0632 e. The van der Waals surface area contributed by atoms with Gasteiger partial charge >= 0.3 is 0 Å². The lowest BCUT2D eigenvalue weighted by Crippen LogP contribution is -2.22. The molecule has 0 aliphatic carbocycles. The second-order valence-corrected chi connectivity index (χ2v) is 3.86. The van der Waals surface area contributed by atoms with Crippen LogP contribution in [0.2, 0.25) is 0 Å². The van der Waals surface area contributed by atoms with Crippen LogP contribution in [-0.4, -0.2) is 17.8 Å². The topological polar surface area (TPSA) is 32.3 Å². The minimum absolute atomic E-state index is 0.147. The molecule has 0 aromatic heterocycles. The van der Waals surface area contributed by atoms with E-state index in [2.05, 4.69) is 21.2 Å². The number of hydrogen-bond donors (Lipinski definition) is 2. The van der Waals surface area contributed by atoms with Crippen LogP contribution < -0.4 is 5.32 Å². The molecule has 0 bridgehead atoms. The van der Waals surface area contributed by atoms with E-state index < -0.39 is 0 Å². The molecule has 0 aliphatic heterocycles. The van der Waals surface area contributed by atoms with Gasteiger partial charge in [-0.15, -0.1) is 0 Å². The van der Waals surface area contributed by atoms with E-state index in [1.165, 1.54) is 0 Å². The summed E-state index contributed by atoms with van der Waals surface area (Å²) in [6, 6.07) is 8.08. The van der Waals surface area contributed by atoms with E-state index in [1.807, 2.05) is 31.2 Å². The van der Waals surface area contributed by atoms with Gasteiger partial charge in [-0.05, 0) is 24.6 Å². The quantitative estimate of drug-likeness (QED) is 0.853. The van der Waals surface area contributed by atoms with Gasteiger partial charge < -0.3 is 10.4 Å². The number of aliphatic hydroxyl groups excluding tert-OH is 1. The summed E-state index contributed by atoms with van der Waals surface area (Å²) in [5.41, 5.74) is 1.04. The van der Waals surface area contributed by atoms with Gasteiger partial charge in [0.25, 0.3) is 0 Å². The summed E-state index contributed by atoms with van der Waals surface area (Å²) in [5, 5.41) is 12.2. The Balaban J connectivity index is 2.62. The fraction of sp³-hybridized carbons (Fsp3) is 0.400. The Morgan fingerprint density at radius 3 is 2.85 bits per heavy atom. The Bertz CT molecular complexity index is 261. The lowest BCUT2D eigenvalue weighted by Gasteiger charge is -2.15. The highest BCUT2D eigenvalue weighted by Gasteiger charge is 2.03. The van der Waals surface area contributed by atoms with Crippen LogP contribution in [0.25, 0.3) is 0 Å². The molecule has 2 N–H and O–H groups in total.